The van der Waals surface area contributed by atoms with Crippen LogP contribution in [0, 0.1) is 0 Å². The normalized spacial score (nSPS) is 16.3. The van der Waals surface area contributed by atoms with Gasteiger partial charge >= 0.3 is 0 Å². The molecule has 2 unspecified atom stereocenters. The Balaban J connectivity index is 1.54. The summed E-state index contributed by atoms with van der Waals surface area (Å²) in [6.45, 7) is 3.18. The number of anilines is 2. The molecule has 55 heavy (non-hydrogen) atoms. The zero-order valence-corrected chi connectivity index (χ0v) is 32.7. The maximum atomic E-state index is 12.5. The van der Waals surface area contributed by atoms with Crippen LogP contribution in [0.15, 0.2) is 60.9 Å². The molecule has 0 saturated carbocycles. The number of benzene rings is 2. The average molecular weight is 799 g/mol. The fraction of sp³-hybridized carbons (Fsp3) is 0.351. The summed E-state index contributed by atoms with van der Waals surface area (Å²) < 4.78 is 92.2. The lowest BCUT2D eigenvalue weighted by Crippen LogP contribution is -2.56. The van der Waals surface area contributed by atoms with E-state index in [0.29, 0.717) is 51.7 Å². The number of aromatic nitrogens is 2. The van der Waals surface area contributed by atoms with Crippen LogP contribution in [0.1, 0.15) is 41.0 Å². The van der Waals surface area contributed by atoms with E-state index < -0.39 is 43.8 Å². The quantitative estimate of drug-likeness (QED) is 0.133. The zero-order chi connectivity index (χ0) is 40.2. The van der Waals surface area contributed by atoms with Crippen LogP contribution in [0.2, 0.25) is 0 Å². The van der Waals surface area contributed by atoms with Gasteiger partial charge in [0.05, 0.1) is 52.0 Å². The van der Waals surface area contributed by atoms with E-state index in [4.69, 9.17) is 18.9 Å². The molecule has 0 radical (unpaired) electrons. The summed E-state index contributed by atoms with van der Waals surface area (Å²) in [6.07, 6.45) is 3.42. The molecule has 2 aromatic carbocycles. The molecule has 2 atom stereocenters. The second-order valence-electron chi connectivity index (χ2n) is 12.8. The Morgan fingerprint density at radius 3 is 1.18 bits per heavy atom. The van der Waals surface area contributed by atoms with Crippen LogP contribution in [0.25, 0.3) is 22.3 Å². The Hall–Kier alpha value is -5.30. The standard InChI is InChI=1S/C37H42N4O12S2/c1-22(42)36-30(50-3)14-26(15-31(36)51-4)24-8-10-34(38-18-24)40-12-7-13-41(29(21-55(47,48)49)28(40)20-54(44,45)46)35-11-9-25(19-39-35)27-16-32(52-5)37(23(2)43)33(17-27)53-6/h8-11,14-19,28-29H,7,12-13,20-21H2,1-6H3,(H,44,45,46)(H,47,48,49). The average Bonchev–Trinajstić information content (AvgIpc) is 3.30. The molecule has 4 aromatic rings. The van der Waals surface area contributed by atoms with E-state index >= 15 is 0 Å². The van der Waals surface area contributed by atoms with E-state index in [1.807, 2.05) is 0 Å². The SMILES string of the molecule is COc1cc(-c2ccc(N3CCCN(c4ccc(-c5cc(OC)c(C(C)=O)c(OC)c5)cn4)C(CS(=O)(=O)O)C3CS(=O)(=O)O)nc2)cc(OC)c1C(C)=O. The molecule has 0 aliphatic carbocycles. The maximum Gasteiger partial charge on any atom is 0.266 e. The number of hydrogen-bond acceptors (Lipinski definition) is 14. The Morgan fingerprint density at radius 2 is 0.945 bits per heavy atom. The highest BCUT2D eigenvalue weighted by molar-refractivity contribution is 7.86. The number of methoxy groups -OCH3 is 4. The van der Waals surface area contributed by atoms with Crippen molar-refractivity contribution >= 4 is 43.4 Å². The van der Waals surface area contributed by atoms with Crippen molar-refractivity contribution in [2.75, 3.05) is 62.8 Å². The first-order chi connectivity index (χ1) is 26.0. The molecular weight excluding hydrogens is 757 g/mol. The van der Waals surface area contributed by atoms with Gasteiger partial charge in [-0.05, 0) is 79.9 Å². The van der Waals surface area contributed by atoms with Crippen molar-refractivity contribution in [1.82, 2.24) is 9.97 Å². The molecule has 0 bridgehead atoms. The van der Waals surface area contributed by atoms with Gasteiger partial charge in [0.25, 0.3) is 20.2 Å². The molecule has 1 saturated heterocycles. The molecule has 1 aliphatic rings. The summed E-state index contributed by atoms with van der Waals surface area (Å²) >= 11 is 0. The van der Waals surface area contributed by atoms with Gasteiger partial charge in [-0.3, -0.25) is 18.7 Å². The van der Waals surface area contributed by atoms with E-state index in [-0.39, 0.29) is 47.4 Å². The van der Waals surface area contributed by atoms with Gasteiger partial charge in [0.1, 0.15) is 45.8 Å². The van der Waals surface area contributed by atoms with Crippen molar-refractivity contribution in [3.8, 4) is 45.3 Å². The summed E-state index contributed by atoms with van der Waals surface area (Å²) in [7, 11) is -3.70. The molecular formula is C37H42N4O12S2. The Morgan fingerprint density at radius 1 is 0.618 bits per heavy atom. The summed E-state index contributed by atoms with van der Waals surface area (Å²) in [5.41, 5.74) is 2.97. The van der Waals surface area contributed by atoms with Crippen LogP contribution in [0.3, 0.4) is 0 Å². The molecule has 0 amide bonds. The molecule has 1 fully saturated rings. The van der Waals surface area contributed by atoms with Gasteiger partial charge in [-0.2, -0.15) is 16.8 Å². The molecule has 0 spiro atoms. The van der Waals surface area contributed by atoms with Crippen molar-refractivity contribution < 1.29 is 54.5 Å². The lowest BCUT2D eigenvalue weighted by molar-refractivity contribution is 0.0998. The number of hydrogen-bond donors (Lipinski definition) is 2. The molecule has 5 rings (SSSR count). The van der Waals surface area contributed by atoms with Crippen molar-refractivity contribution in [1.29, 1.82) is 0 Å². The number of nitrogens with zero attached hydrogens (tertiary/aromatic N) is 4. The molecule has 16 nitrogen and oxygen atoms in total. The largest absolute Gasteiger partial charge is 0.496 e. The lowest BCUT2D eigenvalue weighted by atomic mass is 10.0. The number of Topliss-reactive ketones (excluding diaryl/α,β-unsaturated/α-hetero) is 2. The molecule has 3 heterocycles. The topological polar surface area (TPSA) is 212 Å². The van der Waals surface area contributed by atoms with Gasteiger partial charge in [0, 0.05) is 36.6 Å². The monoisotopic (exact) mass is 798 g/mol. The molecule has 2 aromatic heterocycles. The predicted octanol–water partition coefficient (Wildman–Crippen LogP) is 4.48. The van der Waals surface area contributed by atoms with Crippen molar-refractivity contribution in [3.63, 3.8) is 0 Å². The molecule has 294 valence electrons. The highest BCUT2D eigenvalue weighted by Gasteiger charge is 2.41. The fourth-order valence-electron chi connectivity index (χ4n) is 6.87. The van der Waals surface area contributed by atoms with Crippen LogP contribution < -0.4 is 28.7 Å². The van der Waals surface area contributed by atoms with Crippen LogP contribution >= 0.6 is 0 Å². The van der Waals surface area contributed by atoms with Crippen molar-refractivity contribution in [2.45, 2.75) is 32.4 Å². The summed E-state index contributed by atoms with van der Waals surface area (Å²) in [6, 6.07) is 10.8. The second kappa shape index (κ2) is 16.6. The third kappa shape index (κ3) is 9.33. The number of carbonyl (C=O) groups is 2. The number of carbonyl (C=O) groups excluding carboxylic acids is 2. The minimum Gasteiger partial charge on any atom is -0.496 e. The number of pyridine rings is 2. The van der Waals surface area contributed by atoms with Crippen LogP contribution in [-0.2, 0) is 20.2 Å². The molecule has 1 aliphatic heterocycles. The second-order valence-corrected chi connectivity index (χ2v) is 15.8. The minimum atomic E-state index is -4.71. The van der Waals surface area contributed by atoms with Crippen molar-refractivity contribution in [2.24, 2.45) is 0 Å². The van der Waals surface area contributed by atoms with Crippen LogP contribution in [-0.4, -0.2) is 113 Å². The van der Waals surface area contributed by atoms with E-state index in [2.05, 4.69) is 9.97 Å². The van der Waals surface area contributed by atoms with E-state index in [0.717, 1.165) is 0 Å². The summed E-state index contributed by atoms with van der Waals surface area (Å²) in [5, 5.41) is 0. The summed E-state index contributed by atoms with van der Waals surface area (Å²) in [5.74, 6) is -0.541. The van der Waals surface area contributed by atoms with E-state index in [1.54, 1.807) is 58.3 Å². The highest BCUT2D eigenvalue weighted by Crippen LogP contribution is 2.38. The van der Waals surface area contributed by atoms with Crippen LogP contribution in [0.4, 0.5) is 11.6 Å². The molecule has 2 N–H and O–H groups in total. The first-order valence-corrected chi connectivity index (χ1v) is 20.1. The summed E-state index contributed by atoms with van der Waals surface area (Å²) in [4.78, 5) is 37.0. The Kier molecular flexibility index (Phi) is 12.3. The highest BCUT2D eigenvalue weighted by atomic mass is 32.2. The van der Waals surface area contributed by atoms with Crippen LogP contribution in [0.5, 0.6) is 23.0 Å². The third-order valence-corrected chi connectivity index (χ3v) is 10.8. The van der Waals surface area contributed by atoms with Gasteiger partial charge in [0.2, 0.25) is 0 Å². The van der Waals surface area contributed by atoms with Crippen molar-refractivity contribution in [3.05, 3.63) is 72.1 Å². The predicted molar refractivity (Wildman–Crippen MR) is 205 cm³/mol. The minimum absolute atomic E-state index is 0.195. The van der Waals surface area contributed by atoms with Gasteiger partial charge in [0.15, 0.2) is 11.6 Å². The maximum absolute atomic E-state index is 12.5. The van der Waals surface area contributed by atoms with E-state index in [9.17, 15) is 35.5 Å². The Bertz CT molecular complexity index is 2070. The van der Waals surface area contributed by atoms with Gasteiger partial charge in [-0.1, -0.05) is 0 Å². The molecule has 18 heteroatoms. The fourth-order valence-corrected chi connectivity index (χ4v) is 8.53. The van der Waals surface area contributed by atoms with E-state index in [1.165, 1.54) is 54.7 Å². The zero-order valence-electron chi connectivity index (χ0n) is 31.0. The smallest absolute Gasteiger partial charge is 0.266 e. The first kappa shape index (κ1) is 40.9. The van der Waals surface area contributed by atoms with Gasteiger partial charge in [-0.25, -0.2) is 9.97 Å². The Labute approximate surface area is 319 Å². The van der Waals surface area contributed by atoms with Gasteiger partial charge in [-0.15, -0.1) is 0 Å². The first-order valence-electron chi connectivity index (χ1n) is 16.9. The number of rotatable bonds is 14. The third-order valence-electron chi connectivity index (χ3n) is 9.27. The lowest BCUT2D eigenvalue weighted by Gasteiger charge is -2.39. The number of ketones is 2. The number of ether oxygens (including phenoxy) is 4. The van der Waals surface area contributed by atoms with Gasteiger partial charge < -0.3 is 28.7 Å².